The molecule has 0 unspecified atom stereocenters. The first-order valence-corrected chi connectivity index (χ1v) is 8.52. The number of methoxy groups -OCH3 is 1. The molecule has 8 heteroatoms. The summed E-state index contributed by atoms with van der Waals surface area (Å²) in [4.78, 5) is 11.2. The van der Waals surface area contributed by atoms with E-state index in [4.69, 9.17) is 5.73 Å². The van der Waals surface area contributed by atoms with Gasteiger partial charge in [-0.15, -0.1) is 0 Å². The molecule has 0 bridgehead atoms. The van der Waals surface area contributed by atoms with Crippen molar-refractivity contribution in [1.82, 2.24) is 4.31 Å². The minimum atomic E-state index is -3.63. The van der Waals surface area contributed by atoms with Crippen molar-refractivity contribution in [3.8, 4) is 0 Å². The number of anilines is 1. The molecule has 1 rings (SSSR count). The van der Waals surface area contributed by atoms with E-state index in [9.17, 15) is 13.2 Å². The molecule has 6 nitrogen and oxygen atoms in total. The predicted octanol–water partition coefficient (Wildman–Crippen LogP) is 1.91. The lowest BCUT2D eigenvalue weighted by Crippen LogP contribution is -2.29. The van der Waals surface area contributed by atoms with Crippen LogP contribution in [-0.4, -0.2) is 39.4 Å². The van der Waals surface area contributed by atoms with Gasteiger partial charge >= 0.3 is 5.97 Å². The SMILES string of the molecule is COC(=O)CCCN(C)S(=O)(=O)c1cc(N)c(Br)cc1C. The number of nitrogens with two attached hydrogens (primary N) is 1. The first-order chi connectivity index (χ1) is 9.70. The fraction of sp³-hybridized carbons (Fsp3) is 0.462. The monoisotopic (exact) mass is 378 g/mol. The summed E-state index contributed by atoms with van der Waals surface area (Å²) < 4.78 is 31.4. The number of carbonyl (C=O) groups is 1. The summed E-state index contributed by atoms with van der Waals surface area (Å²) in [5, 5.41) is 0. The first-order valence-electron chi connectivity index (χ1n) is 6.29. The third-order valence-corrected chi connectivity index (χ3v) is 5.75. The summed E-state index contributed by atoms with van der Waals surface area (Å²) >= 11 is 3.26. The Balaban J connectivity index is 2.90. The van der Waals surface area contributed by atoms with E-state index in [0.717, 1.165) is 0 Å². The van der Waals surface area contributed by atoms with Gasteiger partial charge in [0, 0.05) is 30.2 Å². The van der Waals surface area contributed by atoms with Crippen LogP contribution in [0.3, 0.4) is 0 Å². The van der Waals surface area contributed by atoms with Gasteiger partial charge in [0.2, 0.25) is 10.0 Å². The molecule has 1 aromatic rings. The van der Waals surface area contributed by atoms with Crippen molar-refractivity contribution in [3.05, 3.63) is 22.2 Å². The molecule has 2 N–H and O–H groups in total. The number of benzene rings is 1. The van der Waals surface area contributed by atoms with Crippen LogP contribution in [0, 0.1) is 6.92 Å². The van der Waals surface area contributed by atoms with E-state index in [2.05, 4.69) is 20.7 Å². The molecule has 0 aliphatic carbocycles. The second kappa shape index (κ2) is 7.24. The highest BCUT2D eigenvalue weighted by Crippen LogP contribution is 2.28. The quantitative estimate of drug-likeness (QED) is 0.603. The zero-order chi connectivity index (χ0) is 16.2. The number of aryl methyl sites for hydroxylation is 1. The maximum absolute atomic E-state index is 12.5. The molecule has 0 amide bonds. The van der Waals surface area contributed by atoms with Crippen molar-refractivity contribution >= 4 is 37.6 Å². The largest absolute Gasteiger partial charge is 0.469 e. The summed E-state index contributed by atoms with van der Waals surface area (Å²) in [5.41, 5.74) is 6.72. The van der Waals surface area contributed by atoms with Crippen LogP contribution < -0.4 is 5.73 Å². The van der Waals surface area contributed by atoms with E-state index in [1.54, 1.807) is 13.0 Å². The minimum Gasteiger partial charge on any atom is -0.469 e. The van der Waals surface area contributed by atoms with E-state index < -0.39 is 10.0 Å². The maximum atomic E-state index is 12.5. The van der Waals surface area contributed by atoms with Crippen molar-refractivity contribution in [1.29, 1.82) is 0 Å². The van der Waals surface area contributed by atoms with Gasteiger partial charge in [-0.2, -0.15) is 0 Å². The number of carbonyl (C=O) groups excluding carboxylic acids is 1. The molecule has 0 atom stereocenters. The van der Waals surface area contributed by atoms with Crippen molar-refractivity contribution in [3.63, 3.8) is 0 Å². The number of esters is 1. The Morgan fingerprint density at radius 3 is 2.62 bits per heavy atom. The summed E-state index contributed by atoms with van der Waals surface area (Å²) in [7, 11) is -0.854. The van der Waals surface area contributed by atoms with Crippen molar-refractivity contribution in [2.45, 2.75) is 24.7 Å². The van der Waals surface area contributed by atoms with Gasteiger partial charge in [0.25, 0.3) is 0 Å². The van der Waals surface area contributed by atoms with E-state index >= 15 is 0 Å². The molecule has 118 valence electrons. The highest BCUT2D eigenvalue weighted by Gasteiger charge is 2.23. The summed E-state index contributed by atoms with van der Waals surface area (Å²) in [6, 6.07) is 3.11. The Morgan fingerprint density at radius 2 is 2.05 bits per heavy atom. The molecule has 0 radical (unpaired) electrons. The van der Waals surface area contributed by atoms with Gasteiger partial charge in [-0.3, -0.25) is 4.79 Å². The smallest absolute Gasteiger partial charge is 0.305 e. The van der Waals surface area contributed by atoms with Crippen molar-refractivity contribution < 1.29 is 17.9 Å². The van der Waals surface area contributed by atoms with Gasteiger partial charge in [0.05, 0.1) is 12.0 Å². The first kappa shape index (κ1) is 17.9. The van der Waals surface area contributed by atoms with Gasteiger partial charge in [0.15, 0.2) is 0 Å². The molecule has 0 aromatic heterocycles. The van der Waals surface area contributed by atoms with Crippen molar-refractivity contribution in [2.24, 2.45) is 0 Å². The Hall–Kier alpha value is -1.12. The number of sulfonamides is 1. The number of nitrogen functional groups attached to an aromatic ring is 1. The number of nitrogens with zero attached hydrogens (tertiary/aromatic N) is 1. The minimum absolute atomic E-state index is 0.170. The molecule has 0 saturated carbocycles. The van der Waals surface area contributed by atoms with Crippen LogP contribution in [-0.2, 0) is 19.6 Å². The second-order valence-corrected chi connectivity index (χ2v) is 7.51. The normalized spacial score (nSPS) is 11.7. The highest BCUT2D eigenvalue weighted by molar-refractivity contribution is 9.10. The Labute approximate surface area is 133 Å². The Kier molecular flexibility index (Phi) is 6.18. The third-order valence-electron chi connectivity index (χ3n) is 3.06. The van der Waals surface area contributed by atoms with E-state index in [0.29, 0.717) is 22.1 Å². The number of hydrogen-bond donors (Lipinski definition) is 1. The van der Waals surface area contributed by atoms with E-state index in [1.165, 1.54) is 24.5 Å². The fourth-order valence-electron chi connectivity index (χ4n) is 1.78. The van der Waals surface area contributed by atoms with Crippen LogP contribution >= 0.6 is 15.9 Å². The van der Waals surface area contributed by atoms with Crippen LogP contribution in [0.1, 0.15) is 18.4 Å². The lowest BCUT2D eigenvalue weighted by Gasteiger charge is -2.19. The Morgan fingerprint density at radius 1 is 1.43 bits per heavy atom. The third kappa shape index (κ3) is 4.42. The molecule has 0 saturated heterocycles. The van der Waals surface area contributed by atoms with Gasteiger partial charge in [-0.05, 0) is 47.0 Å². The number of halogens is 1. The van der Waals surface area contributed by atoms with Gasteiger partial charge in [0.1, 0.15) is 0 Å². The van der Waals surface area contributed by atoms with Crippen LogP contribution in [0.25, 0.3) is 0 Å². The molecule has 21 heavy (non-hydrogen) atoms. The van der Waals surface area contributed by atoms with Crippen LogP contribution in [0.2, 0.25) is 0 Å². The average Bonchev–Trinajstić information content (AvgIpc) is 2.42. The Bertz CT molecular complexity index is 631. The topological polar surface area (TPSA) is 89.7 Å². The highest BCUT2D eigenvalue weighted by atomic mass is 79.9. The molecule has 0 fully saturated rings. The molecule has 0 aliphatic rings. The molecule has 0 aliphatic heterocycles. The maximum Gasteiger partial charge on any atom is 0.305 e. The van der Waals surface area contributed by atoms with Crippen molar-refractivity contribution in [2.75, 3.05) is 26.4 Å². The summed E-state index contributed by atoms with van der Waals surface area (Å²) in [6.45, 7) is 1.94. The molecular formula is C13H19BrN2O4S. The van der Waals surface area contributed by atoms with Gasteiger partial charge in [-0.25, -0.2) is 12.7 Å². The summed E-state index contributed by atoms with van der Waals surface area (Å²) in [5.74, 6) is -0.357. The zero-order valence-electron chi connectivity index (χ0n) is 12.2. The molecule has 1 aromatic carbocycles. The van der Waals surface area contributed by atoms with Crippen LogP contribution in [0.4, 0.5) is 5.69 Å². The van der Waals surface area contributed by atoms with Gasteiger partial charge < -0.3 is 10.5 Å². The van der Waals surface area contributed by atoms with Crippen LogP contribution in [0.15, 0.2) is 21.5 Å². The fourth-order valence-corrected chi connectivity index (χ4v) is 3.69. The molecular weight excluding hydrogens is 360 g/mol. The standard InChI is InChI=1S/C13H19BrN2O4S/c1-9-7-10(14)11(15)8-12(9)21(18,19)16(2)6-4-5-13(17)20-3/h7-8H,4-6,15H2,1-3H3. The lowest BCUT2D eigenvalue weighted by atomic mass is 10.2. The summed E-state index contributed by atoms with van der Waals surface area (Å²) in [6.07, 6.45) is 0.575. The number of hydrogen-bond acceptors (Lipinski definition) is 5. The second-order valence-electron chi connectivity index (χ2n) is 4.65. The number of rotatable bonds is 6. The molecule has 0 heterocycles. The zero-order valence-corrected chi connectivity index (χ0v) is 14.6. The van der Waals surface area contributed by atoms with Gasteiger partial charge in [-0.1, -0.05) is 0 Å². The number of ether oxygens (including phenoxy) is 1. The molecule has 0 spiro atoms. The van der Waals surface area contributed by atoms with E-state index in [-0.39, 0.29) is 23.8 Å². The van der Waals surface area contributed by atoms with E-state index in [1.807, 2.05) is 0 Å². The predicted molar refractivity (Wildman–Crippen MR) is 84.4 cm³/mol. The average molecular weight is 379 g/mol. The lowest BCUT2D eigenvalue weighted by molar-refractivity contribution is -0.140. The van der Waals surface area contributed by atoms with Crippen LogP contribution in [0.5, 0.6) is 0 Å².